The smallest absolute Gasteiger partial charge is 0.224 e. The number of nitrogens with zero attached hydrogens (tertiary/aromatic N) is 2. The van der Waals surface area contributed by atoms with Crippen molar-refractivity contribution in [3.8, 4) is 0 Å². The fourth-order valence-corrected chi connectivity index (χ4v) is 4.88. The molecule has 1 N–H and O–H groups in total. The maximum Gasteiger partial charge on any atom is 0.224 e. The zero-order chi connectivity index (χ0) is 25.2. The molecule has 0 atom stereocenters. The summed E-state index contributed by atoms with van der Waals surface area (Å²) >= 11 is 0. The third kappa shape index (κ3) is 9.99. The SMILES string of the molecule is Cl.Cl.O=C(CCCN1CCN(CCCC(c2ccc(F)cc2)c2ccc(F)cc2)CC1)Nc1ccccc1. The molecule has 38 heavy (non-hydrogen) atoms. The highest BCUT2D eigenvalue weighted by Gasteiger charge is 2.19. The number of carbonyl (C=O) groups excluding carboxylic acids is 1. The monoisotopic (exact) mass is 563 g/mol. The Labute approximate surface area is 237 Å². The summed E-state index contributed by atoms with van der Waals surface area (Å²) in [5.41, 5.74) is 2.96. The van der Waals surface area contributed by atoms with Gasteiger partial charge in [-0.3, -0.25) is 4.79 Å². The predicted molar refractivity (Wildman–Crippen MR) is 156 cm³/mol. The summed E-state index contributed by atoms with van der Waals surface area (Å²) in [5, 5.41) is 2.95. The molecule has 1 fully saturated rings. The molecule has 0 unspecified atom stereocenters. The van der Waals surface area contributed by atoms with Gasteiger partial charge in [0, 0.05) is 44.2 Å². The van der Waals surface area contributed by atoms with Gasteiger partial charge in [0.1, 0.15) is 11.6 Å². The van der Waals surface area contributed by atoms with Crippen LogP contribution in [0.25, 0.3) is 0 Å². The van der Waals surface area contributed by atoms with Gasteiger partial charge in [-0.25, -0.2) is 8.78 Å². The average Bonchev–Trinajstić information content (AvgIpc) is 2.89. The molecule has 206 valence electrons. The molecule has 1 saturated heterocycles. The molecule has 8 heteroatoms. The number of anilines is 1. The van der Waals surface area contributed by atoms with Crippen molar-refractivity contribution in [2.75, 3.05) is 44.6 Å². The van der Waals surface area contributed by atoms with E-state index in [2.05, 4.69) is 15.1 Å². The van der Waals surface area contributed by atoms with Gasteiger partial charge in [0.25, 0.3) is 0 Å². The fraction of sp³-hybridized carbons (Fsp3) is 0.367. The molecule has 1 aliphatic rings. The van der Waals surface area contributed by atoms with Crippen molar-refractivity contribution in [1.82, 2.24) is 9.80 Å². The number of halogens is 4. The first-order valence-electron chi connectivity index (χ1n) is 12.9. The zero-order valence-electron chi connectivity index (χ0n) is 21.5. The molecular weight excluding hydrogens is 527 g/mol. The Morgan fingerprint density at radius 3 is 1.68 bits per heavy atom. The first kappa shape index (κ1) is 31.7. The Kier molecular flexibility index (Phi) is 13.7. The van der Waals surface area contributed by atoms with Crippen molar-refractivity contribution in [1.29, 1.82) is 0 Å². The molecule has 4 rings (SSSR count). The van der Waals surface area contributed by atoms with Gasteiger partial charge in [0.05, 0.1) is 0 Å². The summed E-state index contributed by atoms with van der Waals surface area (Å²) in [5.74, 6) is -0.302. The standard InChI is InChI=1S/C30H35F2N3O.2ClH/c31-26-14-10-24(11-15-26)29(25-12-16-27(32)17-13-25)8-4-18-34-20-22-35(23-21-34)19-5-9-30(36)33-28-6-2-1-3-7-28;;/h1-3,6-7,10-17,29H,4-5,8-9,18-23H2,(H,33,36);2*1H. The number of piperazine rings is 1. The van der Waals surface area contributed by atoms with E-state index in [9.17, 15) is 13.6 Å². The number of nitrogens with one attached hydrogen (secondary N) is 1. The second-order valence-electron chi connectivity index (χ2n) is 9.50. The van der Waals surface area contributed by atoms with Crippen LogP contribution in [-0.2, 0) is 4.79 Å². The van der Waals surface area contributed by atoms with Gasteiger partial charge in [-0.2, -0.15) is 0 Å². The van der Waals surface area contributed by atoms with E-state index in [1.54, 1.807) is 0 Å². The molecule has 1 amide bonds. The second-order valence-corrected chi connectivity index (χ2v) is 9.50. The molecule has 1 heterocycles. The number of carbonyl (C=O) groups is 1. The predicted octanol–water partition coefficient (Wildman–Crippen LogP) is 6.76. The minimum absolute atomic E-state index is 0. The van der Waals surface area contributed by atoms with Crippen molar-refractivity contribution in [3.63, 3.8) is 0 Å². The maximum absolute atomic E-state index is 13.5. The van der Waals surface area contributed by atoms with Crippen molar-refractivity contribution in [3.05, 3.63) is 102 Å². The fourth-order valence-electron chi connectivity index (χ4n) is 4.88. The minimum Gasteiger partial charge on any atom is -0.326 e. The van der Waals surface area contributed by atoms with Crippen molar-refractivity contribution < 1.29 is 13.6 Å². The van der Waals surface area contributed by atoms with Crippen LogP contribution in [-0.4, -0.2) is 55.0 Å². The van der Waals surface area contributed by atoms with Crippen LogP contribution in [0.4, 0.5) is 14.5 Å². The Hall–Kier alpha value is -2.51. The molecule has 0 aromatic heterocycles. The summed E-state index contributed by atoms with van der Waals surface area (Å²) in [6.07, 6.45) is 3.33. The zero-order valence-corrected chi connectivity index (χ0v) is 23.2. The number of amides is 1. The lowest BCUT2D eigenvalue weighted by Crippen LogP contribution is -2.46. The van der Waals surface area contributed by atoms with E-state index in [0.717, 1.165) is 75.3 Å². The second kappa shape index (κ2) is 16.5. The van der Waals surface area contributed by atoms with Crippen molar-refractivity contribution >= 4 is 36.4 Å². The highest BCUT2D eigenvalue weighted by molar-refractivity contribution is 5.90. The highest BCUT2D eigenvalue weighted by Crippen LogP contribution is 2.30. The van der Waals surface area contributed by atoms with Gasteiger partial charge in [0.15, 0.2) is 0 Å². The van der Waals surface area contributed by atoms with Gasteiger partial charge in [-0.15, -0.1) is 24.8 Å². The molecule has 0 spiro atoms. The minimum atomic E-state index is -0.244. The molecule has 4 nitrogen and oxygen atoms in total. The van der Waals surface area contributed by atoms with E-state index >= 15 is 0 Å². The molecule has 0 saturated carbocycles. The van der Waals surface area contributed by atoms with E-state index in [-0.39, 0.29) is 48.3 Å². The highest BCUT2D eigenvalue weighted by atomic mass is 35.5. The van der Waals surface area contributed by atoms with Crippen molar-refractivity contribution in [2.24, 2.45) is 0 Å². The van der Waals surface area contributed by atoms with Gasteiger partial charge < -0.3 is 15.1 Å². The lowest BCUT2D eigenvalue weighted by Gasteiger charge is -2.35. The lowest BCUT2D eigenvalue weighted by molar-refractivity contribution is -0.116. The Morgan fingerprint density at radius 2 is 1.18 bits per heavy atom. The van der Waals surface area contributed by atoms with Gasteiger partial charge in [0.2, 0.25) is 5.91 Å². The van der Waals surface area contributed by atoms with Gasteiger partial charge in [-0.1, -0.05) is 42.5 Å². The van der Waals surface area contributed by atoms with E-state index in [0.29, 0.717) is 6.42 Å². The number of hydrogen-bond acceptors (Lipinski definition) is 3. The molecular formula is C30H37Cl2F2N3O. The molecule has 1 aliphatic heterocycles. The third-order valence-electron chi connectivity index (χ3n) is 6.91. The Bertz CT molecular complexity index is 1030. The molecule has 3 aromatic carbocycles. The van der Waals surface area contributed by atoms with Gasteiger partial charge in [-0.05, 0) is 79.9 Å². The largest absolute Gasteiger partial charge is 0.326 e. The van der Waals surface area contributed by atoms with E-state index in [1.165, 1.54) is 24.3 Å². The summed E-state index contributed by atoms with van der Waals surface area (Å²) in [7, 11) is 0. The van der Waals surface area contributed by atoms with E-state index in [4.69, 9.17) is 0 Å². The first-order chi connectivity index (χ1) is 17.6. The molecule has 0 radical (unpaired) electrons. The summed E-state index contributed by atoms with van der Waals surface area (Å²) in [6.45, 7) is 6.01. The number of benzene rings is 3. The molecule has 0 bridgehead atoms. The Morgan fingerprint density at radius 1 is 0.711 bits per heavy atom. The molecule has 0 aliphatic carbocycles. The number of rotatable bonds is 11. The summed E-state index contributed by atoms with van der Waals surface area (Å²) in [6, 6.07) is 22.9. The van der Waals surface area contributed by atoms with Crippen LogP contribution in [0.15, 0.2) is 78.9 Å². The average molecular weight is 565 g/mol. The Balaban J connectivity index is 0.00000253. The van der Waals surface area contributed by atoms with Gasteiger partial charge >= 0.3 is 0 Å². The van der Waals surface area contributed by atoms with E-state index in [1.807, 2.05) is 54.6 Å². The third-order valence-corrected chi connectivity index (χ3v) is 6.91. The van der Waals surface area contributed by atoms with Crippen LogP contribution in [0, 0.1) is 11.6 Å². The van der Waals surface area contributed by atoms with Crippen LogP contribution < -0.4 is 5.32 Å². The van der Waals surface area contributed by atoms with Crippen LogP contribution >= 0.6 is 24.8 Å². The maximum atomic E-state index is 13.5. The quantitative estimate of drug-likeness (QED) is 0.280. The lowest BCUT2D eigenvalue weighted by atomic mass is 9.87. The summed E-state index contributed by atoms with van der Waals surface area (Å²) in [4.78, 5) is 17.1. The van der Waals surface area contributed by atoms with Crippen LogP contribution in [0.3, 0.4) is 0 Å². The number of para-hydroxylation sites is 1. The van der Waals surface area contributed by atoms with Crippen LogP contribution in [0.1, 0.15) is 42.7 Å². The van der Waals surface area contributed by atoms with E-state index < -0.39 is 0 Å². The molecule has 3 aromatic rings. The van der Waals surface area contributed by atoms with Crippen LogP contribution in [0.2, 0.25) is 0 Å². The first-order valence-corrected chi connectivity index (χ1v) is 12.9. The normalized spacial score (nSPS) is 14.0. The van der Waals surface area contributed by atoms with Crippen molar-refractivity contribution in [2.45, 2.75) is 31.6 Å². The number of hydrogen-bond donors (Lipinski definition) is 1. The topological polar surface area (TPSA) is 35.6 Å². The summed E-state index contributed by atoms with van der Waals surface area (Å²) < 4.78 is 26.9. The van der Waals surface area contributed by atoms with Crippen LogP contribution in [0.5, 0.6) is 0 Å².